The number of anilines is 1. The Morgan fingerprint density at radius 3 is 2.39 bits per heavy atom. The summed E-state index contributed by atoms with van der Waals surface area (Å²) >= 11 is 0. The Morgan fingerprint density at radius 2 is 1.83 bits per heavy atom. The van der Waals surface area contributed by atoms with Gasteiger partial charge in [-0.1, -0.05) is 6.42 Å². The molecule has 1 saturated carbocycles. The first kappa shape index (κ1) is 13.0. The Labute approximate surface area is 108 Å². The molecule has 0 aliphatic heterocycles. The molecular weight excluding hydrogens is 228 g/mol. The molecule has 3 N–H and O–H groups in total. The van der Waals surface area contributed by atoms with Crippen molar-refractivity contribution >= 4 is 5.69 Å². The molecule has 1 aromatic rings. The predicted octanol–water partition coefficient (Wildman–Crippen LogP) is 2.24. The maximum absolute atomic E-state index is 5.80. The van der Waals surface area contributed by atoms with Gasteiger partial charge < -0.3 is 20.5 Å². The molecule has 0 amide bonds. The molecule has 4 nitrogen and oxygen atoms in total. The lowest BCUT2D eigenvalue weighted by Gasteiger charge is -2.21. The molecule has 18 heavy (non-hydrogen) atoms. The lowest BCUT2D eigenvalue weighted by atomic mass is 10.0. The zero-order valence-electron chi connectivity index (χ0n) is 11.1. The monoisotopic (exact) mass is 250 g/mol. The Hall–Kier alpha value is -1.42. The Bertz CT molecular complexity index is 373. The summed E-state index contributed by atoms with van der Waals surface area (Å²) < 4.78 is 10.5. The van der Waals surface area contributed by atoms with Crippen molar-refractivity contribution in [2.24, 2.45) is 11.7 Å². The summed E-state index contributed by atoms with van der Waals surface area (Å²) in [6.45, 7) is 0.749. The highest BCUT2D eigenvalue weighted by Gasteiger charge is 2.25. The standard InChI is InChI=1S/C14H22N2O2/c1-17-12-6-11(7-13(8-12)18-2)16-14-5-3-4-10(14)9-15/h6-8,10,14,16H,3-5,9,15H2,1-2H3. The molecule has 2 atom stereocenters. The van der Waals surface area contributed by atoms with Gasteiger partial charge in [-0.3, -0.25) is 0 Å². The second-order valence-electron chi connectivity index (χ2n) is 4.78. The summed E-state index contributed by atoms with van der Waals surface area (Å²) in [7, 11) is 3.33. The van der Waals surface area contributed by atoms with Crippen molar-refractivity contribution in [3.05, 3.63) is 18.2 Å². The van der Waals surface area contributed by atoms with Gasteiger partial charge in [0, 0.05) is 29.9 Å². The molecule has 0 heterocycles. The fourth-order valence-electron chi connectivity index (χ4n) is 2.61. The number of nitrogens with one attached hydrogen (secondary N) is 1. The van der Waals surface area contributed by atoms with Crippen molar-refractivity contribution in [3.8, 4) is 11.5 Å². The van der Waals surface area contributed by atoms with Gasteiger partial charge in [-0.05, 0) is 25.3 Å². The number of hydrogen-bond donors (Lipinski definition) is 2. The molecule has 1 aliphatic rings. The first-order valence-electron chi connectivity index (χ1n) is 6.46. The van der Waals surface area contributed by atoms with Crippen molar-refractivity contribution in [1.82, 2.24) is 0 Å². The van der Waals surface area contributed by atoms with E-state index in [4.69, 9.17) is 15.2 Å². The van der Waals surface area contributed by atoms with Crippen LogP contribution in [-0.2, 0) is 0 Å². The van der Waals surface area contributed by atoms with E-state index in [2.05, 4.69) is 5.32 Å². The van der Waals surface area contributed by atoms with Crippen molar-refractivity contribution < 1.29 is 9.47 Å². The van der Waals surface area contributed by atoms with Gasteiger partial charge in [0.1, 0.15) is 11.5 Å². The Balaban J connectivity index is 2.12. The third-order valence-corrected chi connectivity index (χ3v) is 3.67. The summed E-state index contributed by atoms with van der Waals surface area (Å²) in [6.07, 6.45) is 3.65. The van der Waals surface area contributed by atoms with Crippen molar-refractivity contribution in [2.75, 3.05) is 26.1 Å². The Morgan fingerprint density at radius 1 is 1.17 bits per heavy atom. The van der Waals surface area contributed by atoms with Crippen LogP contribution in [0.4, 0.5) is 5.69 Å². The molecule has 2 rings (SSSR count). The topological polar surface area (TPSA) is 56.5 Å². The molecule has 0 aromatic heterocycles. The van der Waals surface area contributed by atoms with Gasteiger partial charge in [0.05, 0.1) is 14.2 Å². The largest absolute Gasteiger partial charge is 0.497 e. The first-order valence-corrected chi connectivity index (χ1v) is 6.46. The molecule has 0 radical (unpaired) electrons. The van der Waals surface area contributed by atoms with E-state index in [0.29, 0.717) is 12.0 Å². The molecule has 2 unspecified atom stereocenters. The quantitative estimate of drug-likeness (QED) is 0.841. The van der Waals surface area contributed by atoms with E-state index >= 15 is 0 Å². The van der Waals surface area contributed by atoms with E-state index in [1.807, 2.05) is 18.2 Å². The van der Waals surface area contributed by atoms with Crippen LogP contribution in [0.25, 0.3) is 0 Å². The average Bonchev–Trinajstić information content (AvgIpc) is 2.85. The van der Waals surface area contributed by atoms with Crippen LogP contribution < -0.4 is 20.5 Å². The summed E-state index contributed by atoms with van der Waals surface area (Å²) in [4.78, 5) is 0. The maximum atomic E-state index is 5.80. The number of nitrogens with two attached hydrogens (primary N) is 1. The number of ether oxygens (including phenoxy) is 2. The van der Waals surface area contributed by atoms with Crippen LogP contribution in [0.2, 0.25) is 0 Å². The van der Waals surface area contributed by atoms with Crippen molar-refractivity contribution in [1.29, 1.82) is 0 Å². The highest BCUT2D eigenvalue weighted by Crippen LogP contribution is 2.31. The van der Waals surface area contributed by atoms with Gasteiger partial charge >= 0.3 is 0 Å². The smallest absolute Gasteiger partial charge is 0.124 e. The molecule has 0 bridgehead atoms. The van der Waals surface area contributed by atoms with E-state index in [1.54, 1.807) is 14.2 Å². The average molecular weight is 250 g/mol. The minimum atomic E-state index is 0.465. The van der Waals surface area contributed by atoms with Gasteiger partial charge in [-0.15, -0.1) is 0 Å². The van der Waals surface area contributed by atoms with Gasteiger partial charge in [0.2, 0.25) is 0 Å². The van der Waals surface area contributed by atoms with Gasteiger partial charge in [-0.25, -0.2) is 0 Å². The fraction of sp³-hybridized carbons (Fsp3) is 0.571. The SMILES string of the molecule is COc1cc(NC2CCCC2CN)cc(OC)c1. The molecule has 0 spiro atoms. The maximum Gasteiger partial charge on any atom is 0.124 e. The van der Waals surface area contributed by atoms with Crippen LogP contribution in [0, 0.1) is 5.92 Å². The zero-order chi connectivity index (χ0) is 13.0. The van der Waals surface area contributed by atoms with Crippen LogP contribution in [0.15, 0.2) is 18.2 Å². The zero-order valence-corrected chi connectivity index (χ0v) is 11.1. The summed E-state index contributed by atoms with van der Waals surface area (Å²) in [5, 5.41) is 3.55. The van der Waals surface area contributed by atoms with Crippen LogP contribution in [0.1, 0.15) is 19.3 Å². The molecule has 1 fully saturated rings. The lowest BCUT2D eigenvalue weighted by molar-refractivity contribution is 0.394. The second-order valence-corrected chi connectivity index (χ2v) is 4.78. The minimum absolute atomic E-state index is 0.465. The summed E-state index contributed by atoms with van der Waals surface area (Å²) in [5.41, 5.74) is 6.84. The van der Waals surface area contributed by atoms with Crippen molar-refractivity contribution in [3.63, 3.8) is 0 Å². The second kappa shape index (κ2) is 5.96. The number of methoxy groups -OCH3 is 2. The molecule has 100 valence electrons. The van der Waals surface area contributed by atoms with E-state index in [9.17, 15) is 0 Å². The van der Waals surface area contributed by atoms with Gasteiger partial charge in [0.25, 0.3) is 0 Å². The molecular formula is C14H22N2O2. The third kappa shape index (κ3) is 2.88. The van der Waals surface area contributed by atoms with E-state index in [0.717, 1.165) is 23.7 Å². The number of benzene rings is 1. The third-order valence-electron chi connectivity index (χ3n) is 3.67. The van der Waals surface area contributed by atoms with Crippen LogP contribution in [0.3, 0.4) is 0 Å². The number of hydrogen-bond acceptors (Lipinski definition) is 4. The van der Waals surface area contributed by atoms with E-state index < -0.39 is 0 Å². The van der Waals surface area contributed by atoms with Crippen LogP contribution >= 0.6 is 0 Å². The summed E-state index contributed by atoms with van der Waals surface area (Å²) in [5.74, 6) is 2.18. The highest BCUT2D eigenvalue weighted by molar-refractivity contribution is 5.54. The van der Waals surface area contributed by atoms with E-state index in [-0.39, 0.29) is 0 Å². The fourth-order valence-corrected chi connectivity index (χ4v) is 2.61. The predicted molar refractivity (Wildman–Crippen MR) is 73.4 cm³/mol. The lowest BCUT2D eigenvalue weighted by Crippen LogP contribution is -2.29. The van der Waals surface area contributed by atoms with Crippen molar-refractivity contribution in [2.45, 2.75) is 25.3 Å². The number of rotatable bonds is 5. The van der Waals surface area contributed by atoms with Crippen LogP contribution in [-0.4, -0.2) is 26.8 Å². The molecule has 1 aliphatic carbocycles. The first-order chi connectivity index (χ1) is 8.76. The van der Waals surface area contributed by atoms with Gasteiger partial charge in [0.15, 0.2) is 0 Å². The molecule has 4 heteroatoms. The van der Waals surface area contributed by atoms with Crippen LogP contribution in [0.5, 0.6) is 11.5 Å². The minimum Gasteiger partial charge on any atom is -0.497 e. The summed E-state index contributed by atoms with van der Waals surface area (Å²) in [6, 6.07) is 6.33. The molecule has 0 saturated heterocycles. The van der Waals surface area contributed by atoms with E-state index in [1.165, 1.54) is 19.3 Å². The highest BCUT2D eigenvalue weighted by atomic mass is 16.5. The molecule has 1 aromatic carbocycles. The van der Waals surface area contributed by atoms with Gasteiger partial charge in [-0.2, -0.15) is 0 Å². The Kier molecular flexibility index (Phi) is 4.31. The normalized spacial score (nSPS) is 22.8.